The van der Waals surface area contributed by atoms with Gasteiger partial charge in [0.2, 0.25) is 0 Å². The largest absolute Gasteiger partial charge is 0.282 e. The Labute approximate surface area is 109 Å². The van der Waals surface area contributed by atoms with E-state index in [0.717, 1.165) is 17.5 Å². The third-order valence-electron chi connectivity index (χ3n) is 3.21. The minimum atomic E-state index is -1.24. The van der Waals surface area contributed by atoms with E-state index in [-0.39, 0.29) is 11.4 Å². The third-order valence-corrected chi connectivity index (χ3v) is 4.57. The Morgan fingerprint density at radius 2 is 1.44 bits per heavy atom. The highest BCUT2D eigenvalue weighted by Gasteiger charge is 2.34. The molecule has 92 valence electrons. The number of hydrogen-bond donors (Lipinski definition) is 0. The van der Waals surface area contributed by atoms with Gasteiger partial charge < -0.3 is 0 Å². The van der Waals surface area contributed by atoms with Crippen LogP contribution < -0.4 is 0 Å². The molecule has 0 aliphatic carbocycles. The van der Waals surface area contributed by atoms with Crippen LogP contribution in [-0.4, -0.2) is 4.21 Å². The molecule has 0 amide bonds. The quantitative estimate of drug-likeness (QED) is 0.823. The summed E-state index contributed by atoms with van der Waals surface area (Å²) in [5, 5.41) is -0.0172. The van der Waals surface area contributed by atoms with Crippen LogP contribution >= 0.6 is 0 Å². The minimum Gasteiger partial charge on any atom is -0.282 e. The van der Waals surface area contributed by atoms with Crippen molar-refractivity contribution in [1.82, 2.24) is 0 Å². The Bertz CT molecular complexity index is 539. The summed E-state index contributed by atoms with van der Waals surface area (Å²) < 4.78 is 17.6. The van der Waals surface area contributed by atoms with Crippen molar-refractivity contribution in [3.63, 3.8) is 0 Å². The molecule has 3 rings (SSSR count). The third kappa shape index (κ3) is 2.24. The molecular formula is C15H14O2S. The summed E-state index contributed by atoms with van der Waals surface area (Å²) in [7, 11) is 0. The standard InChI is InChI=1S/C15H14O2S/c16-18-15(13-9-5-2-6-10-13)11-14(17-18)12-7-3-1-4-8-12/h1-10,14-15H,11H2/t14-,15+,18?/m1/s1. The maximum atomic E-state index is 12.0. The van der Waals surface area contributed by atoms with Crippen LogP contribution in [0, 0.1) is 0 Å². The second kappa shape index (κ2) is 5.04. The molecular weight excluding hydrogens is 244 g/mol. The Balaban J connectivity index is 1.83. The van der Waals surface area contributed by atoms with Crippen LogP contribution in [0.4, 0.5) is 0 Å². The molecule has 0 radical (unpaired) electrons. The van der Waals surface area contributed by atoms with Crippen LogP contribution in [0.5, 0.6) is 0 Å². The first kappa shape index (κ1) is 11.6. The van der Waals surface area contributed by atoms with Gasteiger partial charge in [-0.3, -0.25) is 4.18 Å². The predicted molar refractivity (Wildman–Crippen MR) is 72.2 cm³/mol. The Morgan fingerprint density at radius 1 is 0.889 bits per heavy atom. The van der Waals surface area contributed by atoms with Crippen LogP contribution in [0.3, 0.4) is 0 Å². The first-order valence-electron chi connectivity index (χ1n) is 6.02. The molecule has 0 N–H and O–H groups in total. The molecule has 2 nitrogen and oxygen atoms in total. The van der Waals surface area contributed by atoms with Crippen molar-refractivity contribution in [2.45, 2.75) is 17.8 Å². The van der Waals surface area contributed by atoms with Crippen molar-refractivity contribution >= 4 is 11.1 Å². The van der Waals surface area contributed by atoms with Crippen molar-refractivity contribution in [2.75, 3.05) is 0 Å². The van der Waals surface area contributed by atoms with Gasteiger partial charge in [0.05, 0.1) is 5.25 Å². The van der Waals surface area contributed by atoms with E-state index < -0.39 is 11.1 Å². The molecule has 1 aliphatic rings. The lowest BCUT2D eigenvalue weighted by Crippen LogP contribution is -1.98. The van der Waals surface area contributed by atoms with Gasteiger partial charge in [0.1, 0.15) is 6.10 Å². The fourth-order valence-corrected chi connectivity index (χ4v) is 3.53. The van der Waals surface area contributed by atoms with Crippen LogP contribution in [0.25, 0.3) is 0 Å². The summed E-state index contributed by atoms with van der Waals surface area (Å²) >= 11 is -1.24. The van der Waals surface area contributed by atoms with Crippen molar-refractivity contribution in [3.05, 3.63) is 71.8 Å². The lowest BCUT2D eigenvalue weighted by atomic mass is 10.0. The molecule has 1 saturated heterocycles. The second-order valence-electron chi connectivity index (χ2n) is 4.39. The van der Waals surface area contributed by atoms with E-state index in [4.69, 9.17) is 4.18 Å². The Hall–Kier alpha value is -1.45. The fraction of sp³-hybridized carbons (Fsp3) is 0.200. The lowest BCUT2D eigenvalue weighted by Gasteiger charge is -2.07. The van der Waals surface area contributed by atoms with E-state index in [9.17, 15) is 4.21 Å². The maximum absolute atomic E-state index is 12.0. The normalized spacial score (nSPS) is 27.2. The van der Waals surface area contributed by atoms with Gasteiger partial charge in [-0.25, -0.2) is 4.21 Å². The molecule has 1 unspecified atom stereocenters. The lowest BCUT2D eigenvalue weighted by molar-refractivity contribution is 0.254. The second-order valence-corrected chi connectivity index (χ2v) is 5.67. The molecule has 18 heavy (non-hydrogen) atoms. The van der Waals surface area contributed by atoms with E-state index in [1.165, 1.54) is 0 Å². The molecule has 1 fully saturated rings. The number of benzene rings is 2. The predicted octanol–water partition coefficient (Wildman–Crippen LogP) is 3.55. The zero-order valence-electron chi connectivity index (χ0n) is 9.86. The van der Waals surface area contributed by atoms with Crippen LogP contribution in [0.15, 0.2) is 60.7 Å². The molecule has 2 aromatic rings. The monoisotopic (exact) mass is 258 g/mol. The van der Waals surface area contributed by atoms with Crippen LogP contribution in [0.2, 0.25) is 0 Å². The summed E-state index contributed by atoms with van der Waals surface area (Å²) in [6.45, 7) is 0. The van der Waals surface area contributed by atoms with Gasteiger partial charge in [0.15, 0.2) is 11.1 Å². The molecule has 0 aromatic heterocycles. The Morgan fingerprint density at radius 3 is 2.06 bits per heavy atom. The summed E-state index contributed by atoms with van der Waals surface area (Å²) in [6.07, 6.45) is 0.720. The van der Waals surface area contributed by atoms with Gasteiger partial charge in [0, 0.05) is 0 Å². The molecule has 0 saturated carbocycles. The zero-order chi connectivity index (χ0) is 12.4. The summed E-state index contributed by atoms with van der Waals surface area (Å²) in [6, 6.07) is 19.9. The summed E-state index contributed by atoms with van der Waals surface area (Å²) in [5.74, 6) is 0. The van der Waals surface area contributed by atoms with E-state index in [1.807, 2.05) is 60.7 Å². The highest BCUT2D eigenvalue weighted by molar-refractivity contribution is 7.80. The van der Waals surface area contributed by atoms with Crippen molar-refractivity contribution < 1.29 is 8.39 Å². The number of hydrogen-bond acceptors (Lipinski definition) is 2. The van der Waals surface area contributed by atoms with Crippen LogP contribution in [0.1, 0.15) is 28.9 Å². The highest BCUT2D eigenvalue weighted by Crippen LogP contribution is 2.41. The Kier molecular flexibility index (Phi) is 3.26. The fourth-order valence-electron chi connectivity index (χ4n) is 2.27. The maximum Gasteiger partial charge on any atom is 0.163 e. The molecule has 3 atom stereocenters. The number of rotatable bonds is 2. The van der Waals surface area contributed by atoms with E-state index in [0.29, 0.717) is 0 Å². The van der Waals surface area contributed by atoms with Gasteiger partial charge in [-0.15, -0.1) is 0 Å². The van der Waals surface area contributed by atoms with Crippen LogP contribution in [-0.2, 0) is 15.3 Å². The van der Waals surface area contributed by atoms with Crippen molar-refractivity contribution in [2.24, 2.45) is 0 Å². The van der Waals surface area contributed by atoms with Gasteiger partial charge in [-0.05, 0) is 17.5 Å². The molecule has 1 heterocycles. The summed E-state index contributed by atoms with van der Waals surface area (Å²) in [5.41, 5.74) is 2.19. The molecule has 0 spiro atoms. The van der Waals surface area contributed by atoms with Gasteiger partial charge in [-0.1, -0.05) is 60.7 Å². The topological polar surface area (TPSA) is 26.3 Å². The average molecular weight is 258 g/mol. The molecule has 2 aromatic carbocycles. The SMILES string of the molecule is O=S1O[C@@H](c2ccccc2)C[C@H]1c1ccccc1. The van der Waals surface area contributed by atoms with Gasteiger partial charge in [0.25, 0.3) is 0 Å². The van der Waals surface area contributed by atoms with E-state index in [1.54, 1.807) is 0 Å². The first-order valence-corrected chi connectivity index (χ1v) is 7.16. The molecule has 1 aliphatic heterocycles. The van der Waals surface area contributed by atoms with Crippen molar-refractivity contribution in [3.8, 4) is 0 Å². The molecule has 0 bridgehead atoms. The van der Waals surface area contributed by atoms with Gasteiger partial charge >= 0.3 is 0 Å². The smallest absolute Gasteiger partial charge is 0.163 e. The highest BCUT2D eigenvalue weighted by atomic mass is 32.2. The molecule has 3 heteroatoms. The summed E-state index contributed by atoms with van der Waals surface area (Å²) in [4.78, 5) is 0. The van der Waals surface area contributed by atoms with E-state index >= 15 is 0 Å². The average Bonchev–Trinajstić information content (AvgIpc) is 2.83. The minimum absolute atomic E-state index is 0.0172. The zero-order valence-corrected chi connectivity index (χ0v) is 10.7. The first-order chi connectivity index (χ1) is 8.84. The van der Waals surface area contributed by atoms with E-state index in [2.05, 4.69) is 0 Å². The van der Waals surface area contributed by atoms with Gasteiger partial charge in [-0.2, -0.15) is 0 Å². The van der Waals surface area contributed by atoms with Crippen molar-refractivity contribution in [1.29, 1.82) is 0 Å².